The molecule has 1 aromatic carbocycles. The minimum absolute atomic E-state index is 0.133. The molecular weight excluding hydrogens is 302 g/mol. The Morgan fingerprint density at radius 1 is 1.17 bits per heavy atom. The predicted molar refractivity (Wildman–Crippen MR) is 95.1 cm³/mol. The maximum atomic E-state index is 12.3. The van der Waals surface area contributed by atoms with E-state index in [4.69, 9.17) is 5.11 Å². The van der Waals surface area contributed by atoms with Crippen molar-refractivity contribution in [3.8, 4) is 0 Å². The van der Waals surface area contributed by atoms with E-state index in [0.717, 1.165) is 45.7 Å². The molecular formula is C19H29N3O2. The van der Waals surface area contributed by atoms with Crippen LogP contribution >= 0.6 is 0 Å². The highest BCUT2D eigenvalue weighted by Crippen LogP contribution is 2.30. The van der Waals surface area contributed by atoms with E-state index in [1.807, 2.05) is 0 Å². The Bertz CT molecular complexity index is 541. The summed E-state index contributed by atoms with van der Waals surface area (Å²) in [6.07, 6.45) is 3.54. The van der Waals surface area contributed by atoms with Crippen LogP contribution in [0.4, 0.5) is 0 Å². The molecule has 5 heteroatoms. The largest absolute Gasteiger partial charge is 0.395 e. The van der Waals surface area contributed by atoms with E-state index in [-0.39, 0.29) is 12.5 Å². The molecule has 0 saturated carbocycles. The zero-order valence-corrected chi connectivity index (χ0v) is 14.4. The van der Waals surface area contributed by atoms with Crippen molar-refractivity contribution in [2.75, 3.05) is 52.4 Å². The monoisotopic (exact) mass is 331 g/mol. The molecule has 3 rings (SSSR count). The van der Waals surface area contributed by atoms with Crippen LogP contribution in [0.25, 0.3) is 0 Å². The summed E-state index contributed by atoms with van der Waals surface area (Å²) >= 11 is 0. The summed E-state index contributed by atoms with van der Waals surface area (Å²) in [5.74, 6) is 0.592. The lowest BCUT2D eigenvalue weighted by atomic mass is 9.83. The molecule has 1 atom stereocenters. The molecule has 1 aliphatic carbocycles. The van der Waals surface area contributed by atoms with Gasteiger partial charge in [-0.25, -0.2) is 0 Å². The number of hydrogen-bond acceptors (Lipinski definition) is 4. The molecule has 1 amide bonds. The third kappa shape index (κ3) is 4.56. The van der Waals surface area contributed by atoms with Crippen molar-refractivity contribution in [2.45, 2.75) is 25.2 Å². The molecule has 0 spiro atoms. The second-order valence-corrected chi connectivity index (χ2v) is 6.93. The lowest BCUT2D eigenvalue weighted by Crippen LogP contribution is -2.50. The predicted octanol–water partition coefficient (Wildman–Crippen LogP) is 0.833. The number of aryl methyl sites for hydroxylation is 1. The molecule has 5 nitrogen and oxygen atoms in total. The van der Waals surface area contributed by atoms with Crippen molar-refractivity contribution < 1.29 is 9.90 Å². The first-order valence-corrected chi connectivity index (χ1v) is 9.16. The fourth-order valence-electron chi connectivity index (χ4n) is 3.88. The number of amides is 1. The molecule has 1 fully saturated rings. The van der Waals surface area contributed by atoms with E-state index in [1.54, 1.807) is 0 Å². The van der Waals surface area contributed by atoms with Gasteiger partial charge in [-0.2, -0.15) is 0 Å². The van der Waals surface area contributed by atoms with Gasteiger partial charge in [0, 0.05) is 45.2 Å². The lowest BCUT2D eigenvalue weighted by molar-refractivity contribution is -0.122. The average molecular weight is 331 g/mol. The molecule has 2 aliphatic rings. The van der Waals surface area contributed by atoms with Gasteiger partial charge in [0.1, 0.15) is 0 Å². The maximum Gasteiger partial charge on any atom is 0.234 e. The van der Waals surface area contributed by atoms with Crippen molar-refractivity contribution in [2.24, 2.45) is 0 Å². The van der Waals surface area contributed by atoms with Crippen LogP contribution in [-0.4, -0.2) is 73.2 Å². The number of rotatable bonds is 6. The Kier molecular flexibility index (Phi) is 6.24. The topological polar surface area (TPSA) is 55.8 Å². The van der Waals surface area contributed by atoms with Crippen LogP contribution in [0.2, 0.25) is 0 Å². The molecule has 2 N–H and O–H groups in total. The molecule has 0 radical (unpaired) electrons. The molecule has 1 saturated heterocycles. The third-order valence-electron chi connectivity index (χ3n) is 5.29. The van der Waals surface area contributed by atoms with Gasteiger partial charge in [0.05, 0.1) is 13.2 Å². The highest BCUT2D eigenvalue weighted by atomic mass is 16.3. The fourth-order valence-corrected chi connectivity index (χ4v) is 3.88. The van der Waals surface area contributed by atoms with E-state index in [2.05, 4.69) is 39.4 Å². The van der Waals surface area contributed by atoms with Crippen LogP contribution in [0.15, 0.2) is 24.3 Å². The summed E-state index contributed by atoms with van der Waals surface area (Å²) < 4.78 is 0. The maximum absolute atomic E-state index is 12.3. The minimum atomic E-state index is 0.133. The number of aliphatic hydroxyl groups is 1. The zero-order valence-electron chi connectivity index (χ0n) is 14.4. The SMILES string of the molecule is O=C(CN1CCN(CCO)CC1)NCC1CCCc2ccccc21. The van der Waals surface area contributed by atoms with Gasteiger partial charge in [-0.15, -0.1) is 0 Å². The number of carbonyl (C=O) groups excluding carboxylic acids is 1. The molecule has 1 aromatic rings. The Labute approximate surface area is 144 Å². The number of aliphatic hydroxyl groups excluding tert-OH is 1. The van der Waals surface area contributed by atoms with Gasteiger partial charge in [-0.1, -0.05) is 24.3 Å². The number of hydrogen-bond donors (Lipinski definition) is 2. The Morgan fingerprint density at radius 2 is 1.92 bits per heavy atom. The fraction of sp³-hybridized carbons (Fsp3) is 0.632. The number of benzene rings is 1. The van der Waals surface area contributed by atoms with E-state index in [9.17, 15) is 4.79 Å². The summed E-state index contributed by atoms with van der Waals surface area (Å²) in [6.45, 7) is 5.86. The van der Waals surface area contributed by atoms with Crippen LogP contribution < -0.4 is 5.32 Å². The van der Waals surface area contributed by atoms with Crippen molar-refractivity contribution in [3.05, 3.63) is 35.4 Å². The number of fused-ring (bicyclic) bond motifs is 1. The summed E-state index contributed by atoms with van der Waals surface area (Å²) in [6, 6.07) is 8.64. The standard InChI is InChI=1S/C19H29N3O2/c23-13-12-21-8-10-22(11-9-21)15-19(24)20-14-17-6-3-5-16-4-1-2-7-18(16)17/h1-2,4,7,17,23H,3,5-6,8-15H2,(H,20,24). The van der Waals surface area contributed by atoms with Gasteiger partial charge >= 0.3 is 0 Å². The number of nitrogens with one attached hydrogen (secondary N) is 1. The Hall–Kier alpha value is -1.43. The van der Waals surface area contributed by atoms with Crippen molar-refractivity contribution in [3.63, 3.8) is 0 Å². The van der Waals surface area contributed by atoms with Crippen molar-refractivity contribution >= 4 is 5.91 Å². The van der Waals surface area contributed by atoms with E-state index in [1.165, 1.54) is 24.0 Å². The highest BCUT2D eigenvalue weighted by Gasteiger charge is 2.22. The second kappa shape index (κ2) is 8.60. The van der Waals surface area contributed by atoms with Gasteiger partial charge < -0.3 is 10.4 Å². The first kappa shape index (κ1) is 17.4. The number of nitrogens with zero attached hydrogens (tertiary/aromatic N) is 2. The van der Waals surface area contributed by atoms with Gasteiger partial charge in [0.25, 0.3) is 0 Å². The molecule has 1 unspecified atom stereocenters. The normalized spacial score (nSPS) is 22.1. The van der Waals surface area contributed by atoms with Gasteiger partial charge in [0.15, 0.2) is 0 Å². The molecule has 1 aliphatic heterocycles. The van der Waals surface area contributed by atoms with Crippen molar-refractivity contribution in [1.29, 1.82) is 0 Å². The smallest absolute Gasteiger partial charge is 0.234 e. The van der Waals surface area contributed by atoms with Crippen LogP contribution in [0.1, 0.15) is 29.9 Å². The van der Waals surface area contributed by atoms with Crippen LogP contribution in [0.3, 0.4) is 0 Å². The summed E-state index contributed by atoms with van der Waals surface area (Å²) in [5.41, 5.74) is 2.87. The number of β-amino-alcohol motifs (C(OH)–C–C–N with tert-alkyl or cyclic N) is 1. The molecule has 0 bridgehead atoms. The minimum Gasteiger partial charge on any atom is -0.395 e. The quantitative estimate of drug-likeness (QED) is 0.811. The second-order valence-electron chi connectivity index (χ2n) is 6.93. The summed E-state index contributed by atoms with van der Waals surface area (Å²) in [5, 5.41) is 12.1. The summed E-state index contributed by atoms with van der Waals surface area (Å²) in [7, 11) is 0. The average Bonchev–Trinajstić information content (AvgIpc) is 2.62. The number of piperazine rings is 1. The van der Waals surface area contributed by atoms with Gasteiger partial charge in [-0.3, -0.25) is 14.6 Å². The van der Waals surface area contributed by atoms with Crippen LogP contribution in [0, 0.1) is 0 Å². The molecule has 0 aromatic heterocycles. The third-order valence-corrected chi connectivity index (χ3v) is 5.29. The Balaban J connectivity index is 1.42. The number of carbonyl (C=O) groups is 1. The molecule has 24 heavy (non-hydrogen) atoms. The Morgan fingerprint density at radius 3 is 2.71 bits per heavy atom. The van der Waals surface area contributed by atoms with Crippen molar-refractivity contribution in [1.82, 2.24) is 15.1 Å². The molecule has 1 heterocycles. The van der Waals surface area contributed by atoms with E-state index in [0.29, 0.717) is 12.5 Å². The first-order valence-electron chi connectivity index (χ1n) is 9.16. The van der Waals surface area contributed by atoms with Crippen LogP contribution in [-0.2, 0) is 11.2 Å². The summed E-state index contributed by atoms with van der Waals surface area (Å²) in [4.78, 5) is 16.7. The lowest BCUT2D eigenvalue weighted by Gasteiger charge is -2.34. The van der Waals surface area contributed by atoms with Crippen LogP contribution in [0.5, 0.6) is 0 Å². The van der Waals surface area contributed by atoms with Gasteiger partial charge in [-0.05, 0) is 30.4 Å². The molecule has 132 valence electrons. The highest BCUT2D eigenvalue weighted by molar-refractivity contribution is 5.78. The first-order chi connectivity index (χ1) is 11.8. The van der Waals surface area contributed by atoms with Gasteiger partial charge in [0.2, 0.25) is 5.91 Å². The van der Waals surface area contributed by atoms with E-state index < -0.39 is 0 Å². The van der Waals surface area contributed by atoms with E-state index >= 15 is 0 Å². The zero-order chi connectivity index (χ0) is 16.8.